The fourth-order valence-electron chi connectivity index (χ4n) is 2.10. The Bertz CT molecular complexity index is 573. The summed E-state index contributed by atoms with van der Waals surface area (Å²) < 4.78 is 0. The highest BCUT2D eigenvalue weighted by Gasteiger charge is 2.17. The molecule has 0 radical (unpaired) electrons. The first-order chi connectivity index (χ1) is 6.88. The van der Waals surface area contributed by atoms with Crippen LogP contribution in [0.4, 0.5) is 0 Å². The Hall–Kier alpha value is -1.27. The first-order valence-electron chi connectivity index (χ1n) is 4.73. The molecular formula is C13H9Cl. The maximum atomic E-state index is 6.31. The summed E-state index contributed by atoms with van der Waals surface area (Å²) in [6, 6.07) is 8.33. The Morgan fingerprint density at radius 3 is 2.71 bits per heavy atom. The van der Waals surface area contributed by atoms with Crippen molar-refractivity contribution < 1.29 is 0 Å². The van der Waals surface area contributed by atoms with Crippen molar-refractivity contribution in [3.63, 3.8) is 0 Å². The molecule has 0 unspecified atom stereocenters. The molecule has 0 aromatic heterocycles. The van der Waals surface area contributed by atoms with Crippen LogP contribution in [0.5, 0.6) is 0 Å². The lowest BCUT2D eigenvalue weighted by atomic mass is 10.00. The summed E-state index contributed by atoms with van der Waals surface area (Å²) in [4.78, 5) is 0. The third-order valence-electron chi connectivity index (χ3n) is 2.77. The van der Waals surface area contributed by atoms with E-state index in [1.54, 1.807) is 0 Å². The van der Waals surface area contributed by atoms with Crippen LogP contribution in [0.1, 0.15) is 6.42 Å². The van der Waals surface area contributed by atoms with Gasteiger partial charge in [-0.2, -0.15) is 0 Å². The average molecular weight is 201 g/mol. The molecule has 0 N–H and O–H groups in total. The molecule has 3 rings (SSSR count). The number of fused-ring (bicyclic) bond motifs is 2. The molecule has 14 heavy (non-hydrogen) atoms. The van der Waals surface area contributed by atoms with Gasteiger partial charge < -0.3 is 0 Å². The highest BCUT2D eigenvalue weighted by molar-refractivity contribution is 6.50. The molecule has 0 aliphatic heterocycles. The van der Waals surface area contributed by atoms with Crippen molar-refractivity contribution in [1.82, 2.24) is 0 Å². The van der Waals surface area contributed by atoms with Crippen molar-refractivity contribution in [2.75, 3.05) is 0 Å². The predicted molar refractivity (Wildman–Crippen MR) is 60.2 cm³/mol. The van der Waals surface area contributed by atoms with Gasteiger partial charge in [-0.3, -0.25) is 0 Å². The van der Waals surface area contributed by atoms with E-state index in [9.17, 15) is 0 Å². The van der Waals surface area contributed by atoms with Gasteiger partial charge in [0.05, 0.1) is 5.03 Å². The van der Waals surface area contributed by atoms with E-state index in [0.717, 1.165) is 11.5 Å². The van der Waals surface area contributed by atoms with Crippen molar-refractivity contribution in [3.8, 4) is 0 Å². The van der Waals surface area contributed by atoms with Crippen molar-refractivity contribution in [2.45, 2.75) is 6.42 Å². The summed E-state index contributed by atoms with van der Waals surface area (Å²) in [6.07, 6.45) is 7.35. The summed E-state index contributed by atoms with van der Waals surface area (Å²) in [5.74, 6) is 0. The van der Waals surface area contributed by atoms with Gasteiger partial charge in [-0.25, -0.2) is 0 Å². The third-order valence-corrected chi connectivity index (χ3v) is 3.18. The molecule has 0 fully saturated rings. The largest absolute Gasteiger partial charge is 0.0830 e. The molecule has 2 aliphatic rings. The smallest absolute Gasteiger partial charge is 0.0559 e. The number of benzene rings is 1. The second kappa shape index (κ2) is 2.86. The van der Waals surface area contributed by atoms with Crippen molar-refractivity contribution >= 4 is 22.2 Å². The Kier molecular flexibility index (Phi) is 1.65. The lowest BCUT2D eigenvalue weighted by Gasteiger charge is -2.07. The summed E-state index contributed by atoms with van der Waals surface area (Å²) >= 11 is 6.31. The monoisotopic (exact) mass is 200 g/mol. The van der Waals surface area contributed by atoms with Gasteiger partial charge in [0.1, 0.15) is 0 Å². The minimum absolute atomic E-state index is 0.903. The summed E-state index contributed by atoms with van der Waals surface area (Å²) in [5, 5.41) is 3.38. The van der Waals surface area contributed by atoms with E-state index in [0.29, 0.717) is 0 Å². The van der Waals surface area contributed by atoms with Gasteiger partial charge in [-0.15, -0.1) is 0 Å². The van der Waals surface area contributed by atoms with Crippen LogP contribution >= 0.6 is 11.6 Å². The van der Waals surface area contributed by atoms with E-state index in [2.05, 4.69) is 36.4 Å². The van der Waals surface area contributed by atoms with Crippen LogP contribution in [-0.4, -0.2) is 0 Å². The maximum Gasteiger partial charge on any atom is 0.0559 e. The van der Waals surface area contributed by atoms with E-state index in [4.69, 9.17) is 11.6 Å². The SMILES string of the molecule is ClC1=c2ccccc2=C2CC=CC=C12. The van der Waals surface area contributed by atoms with E-state index in [-0.39, 0.29) is 0 Å². The number of hydrogen-bond donors (Lipinski definition) is 0. The Labute approximate surface area is 87.5 Å². The normalized spacial score (nSPS) is 17.9. The second-order valence-electron chi connectivity index (χ2n) is 3.55. The molecule has 0 amide bonds. The molecule has 1 aromatic rings. The molecule has 0 heterocycles. The first-order valence-corrected chi connectivity index (χ1v) is 5.11. The van der Waals surface area contributed by atoms with Crippen LogP contribution in [0.25, 0.3) is 10.6 Å². The third kappa shape index (κ3) is 0.948. The zero-order valence-corrected chi connectivity index (χ0v) is 8.38. The van der Waals surface area contributed by atoms with Gasteiger partial charge in [-0.05, 0) is 22.8 Å². The first kappa shape index (κ1) is 8.07. The van der Waals surface area contributed by atoms with E-state index >= 15 is 0 Å². The average Bonchev–Trinajstić information content (AvgIpc) is 2.55. The molecule has 0 saturated carbocycles. The number of hydrogen-bond acceptors (Lipinski definition) is 0. The highest BCUT2D eigenvalue weighted by Crippen LogP contribution is 2.30. The van der Waals surface area contributed by atoms with E-state index < -0.39 is 0 Å². The topological polar surface area (TPSA) is 0 Å². The standard InChI is InChI=1S/C13H9Cl/c14-13-11-7-3-1-5-9(11)10-6-2-4-8-12(10)13/h1-5,7-8H,6H2. The van der Waals surface area contributed by atoms with E-state index in [1.807, 2.05) is 6.07 Å². The minimum Gasteiger partial charge on any atom is -0.0830 e. The van der Waals surface area contributed by atoms with Crippen molar-refractivity contribution in [1.29, 1.82) is 0 Å². The Morgan fingerprint density at radius 1 is 1.07 bits per heavy atom. The van der Waals surface area contributed by atoms with Gasteiger partial charge in [0.15, 0.2) is 0 Å². The molecular weight excluding hydrogens is 192 g/mol. The van der Waals surface area contributed by atoms with Gasteiger partial charge >= 0.3 is 0 Å². The zero-order chi connectivity index (χ0) is 9.54. The van der Waals surface area contributed by atoms with Crippen LogP contribution in [0.15, 0.2) is 48.1 Å². The second-order valence-corrected chi connectivity index (χ2v) is 3.93. The molecule has 1 aromatic carbocycles. The van der Waals surface area contributed by atoms with Gasteiger partial charge in [0.2, 0.25) is 0 Å². The summed E-state index contributed by atoms with van der Waals surface area (Å²) in [6.45, 7) is 0. The van der Waals surface area contributed by atoms with Crippen molar-refractivity contribution in [2.24, 2.45) is 0 Å². The highest BCUT2D eigenvalue weighted by atomic mass is 35.5. The quantitative estimate of drug-likeness (QED) is 0.602. The number of halogens is 1. The number of rotatable bonds is 0. The minimum atomic E-state index is 0.903. The van der Waals surface area contributed by atoms with Crippen LogP contribution in [-0.2, 0) is 0 Å². The summed E-state index contributed by atoms with van der Waals surface area (Å²) in [7, 11) is 0. The molecule has 2 aliphatic carbocycles. The molecule has 68 valence electrons. The maximum absolute atomic E-state index is 6.31. The van der Waals surface area contributed by atoms with Crippen LogP contribution in [0.2, 0.25) is 0 Å². The van der Waals surface area contributed by atoms with Crippen molar-refractivity contribution in [3.05, 3.63) is 58.5 Å². The fraction of sp³-hybridized carbons (Fsp3) is 0.0769. The zero-order valence-electron chi connectivity index (χ0n) is 7.63. The molecule has 0 bridgehead atoms. The Balaban J connectivity index is 2.51. The van der Waals surface area contributed by atoms with E-state index in [1.165, 1.54) is 21.6 Å². The molecule has 1 heteroatoms. The molecule has 0 saturated heterocycles. The van der Waals surface area contributed by atoms with Gasteiger partial charge in [0, 0.05) is 5.22 Å². The van der Waals surface area contributed by atoms with Crippen LogP contribution in [0.3, 0.4) is 0 Å². The molecule has 0 spiro atoms. The lowest BCUT2D eigenvalue weighted by molar-refractivity contribution is 1.35. The van der Waals surface area contributed by atoms with Gasteiger partial charge in [0.25, 0.3) is 0 Å². The van der Waals surface area contributed by atoms with Crippen LogP contribution in [0, 0.1) is 0 Å². The molecule has 0 nitrogen and oxygen atoms in total. The predicted octanol–water partition coefficient (Wildman–Crippen LogP) is 2.08. The van der Waals surface area contributed by atoms with Crippen LogP contribution < -0.4 is 10.4 Å². The fourth-order valence-corrected chi connectivity index (χ4v) is 2.45. The lowest BCUT2D eigenvalue weighted by Crippen LogP contribution is -2.22. The summed E-state index contributed by atoms with van der Waals surface area (Å²) in [5.41, 5.74) is 2.57. The molecule has 0 atom stereocenters. The number of allylic oxidation sites excluding steroid dienone is 4. The Morgan fingerprint density at radius 2 is 1.86 bits per heavy atom. The van der Waals surface area contributed by atoms with Gasteiger partial charge in [-0.1, -0.05) is 54.1 Å².